The van der Waals surface area contributed by atoms with Crippen molar-refractivity contribution in [3.63, 3.8) is 0 Å². The van der Waals surface area contributed by atoms with Crippen molar-refractivity contribution in [2.75, 3.05) is 13.6 Å². The number of nitrogens with zero attached hydrogens (tertiary/aromatic N) is 1. The normalized spacial score (nSPS) is 30.5. The maximum Gasteiger partial charge on any atom is 0.0136 e. The molecule has 0 amide bonds. The zero-order valence-corrected chi connectivity index (χ0v) is 12.8. The van der Waals surface area contributed by atoms with Crippen molar-refractivity contribution >= 4 is 0 Å². The molecule has 2 rings (SSSR count). The zero-order valence-electron chi connectivity index (χ0n) is 12.8. The van der Waals surface area contributed by atoms with Crippen molar-refractivity contribution in [3.05, 3.63) is 0 Å². The van der Waals surface area contributed by atoms with Gasteiger partial charge in [0.25, 0.3) is 0 Å². The number of hydrogen-bond acceptors (Lipinski definition) is 2. The van der Waals surface area contributed by atoms with Gasteiger partial charge in [-0.05, 0) is 66.0 Å². The van der Waals surface area contributed by atoms with Gasteiger partial charge in [-0.25, -0.2) is 0 Å². The number of rotatable bonds is 4. The van der Waals surface area contributed by atoms with Crippen molar-refractivity contribution < 1.29 is 0 Å². The molecule has 2 nitrogen and oxygen atoms in total. The second-order valence-electron chi connectivity index (χ2n) is 7.49. The summed E-state index contributed by atoms with van der Waals surface area (Å²) in [5.74, 6) is 0.885. The van der Waals surface area contributed by atoms with Gasteiger partial charge in [-0.15, -0.1) is 0 Å². The van der Waals surface area contributed by atoms with Crippen LogP contribution in [0.3, 0.4) is 0 Å². The van der Waals surface area contributed by atoms with Crippen molar-refractivity contribution in [1.82, 2.24) is 10.2 Å². The lowest BCUT2D eigenvalue weighted by molar-refractivity contribution is 0.0337. The lowest BCUT2D eigenvalue weighted by Crippen LogP contribution is -2.54. The molecule has 2 aliphatic rings. The first-order valence-corrected chi connectivity index (χ1v) is 7.94. The summed E-state index contributed by atoms with van der Waals surface area (Å²) in [7, 11) is 2.38. The molecule has 106 valence electrons. The quantitative estimate of drug-likeness (QED) is 0.825. The summed E-state index contributed by atoms with van der Waals surface area (Å²) >= 11 is 0. The Balaban J connectivity index is 1.78. The molecule has 2 heteroatoms. The summed E-state index contributed by atoms with van der Waals surface area (Å²) in [6, 6.07) is 1.73. The number of nitrogens with one attached hydrogen (secondary N) is 1. The van der Waals surface area contributed by atoms with E-state index in [1.807, 2.05) is 0 Å². The molecular weight excluding hydrogens is 220 g/mol. The Morgan fingerprint density at radius 1 is 1.00 bits per heavy atom. The SMILES string of the molecule is CN(C1CCCCC1)C1CCC1CNC(C)(C)C. The van der Waals surface area contributed by atoms with E-state index in [2.05, 4.69) is 38.0 Å². The van der Waals surface area contributed by atoms with Crippen LogP contribution in [0.2, 0.25) is 0 Å². The highest BCUT2D eigenvalue weighted by Crippen LogP contribution is 2.35. The zero-order chi connectivity index (χ0) is 13.2. The minimum absolute atomic E-state index is 0.267. The molecule has 2 unspecified atom stereocenters. The second kappa shape index (κ2) is 5.92. The lowest BCUT2D eigenvalue weighted by atomic mass is 9.77. The van der Waals surface area contributed by atoms with E-state index in [4.69, 9.17) is 0 Å². The first-order valence-electron chi connectivity index (χ1n) is 7.94. The highest BCUT2D eigenvalue weighted by Gasteiger charge is 2.36. The topological polar surface area (TPSA) is 15.3 Å². The summed E-state index contributed by atoms with van der Waals surface area (Å²) in [5.41, 5.74) is 0.267. The van der Waals surface area contributed by atoms with Gasteiger partial charge in [-0.3, -0.25) is 0 Å². The standard InChI is InChI=1S/C16H32N2/c1-16(2,3)17-12-13-10-11-15(13)18(4)14-8-6-5-7-9-14/h13-15,17H,5-12H2,1-4H3. The van der Waals surface area contributed by atoms with Crippen LogP contribution in [0.4, 0.5) is 0 Å². The van der Waals surface area contributed by atoms with Gasteiger partial charge in [0.2, 0.25) is 0 Å². The van der Waals surface area contributed by atoms with E-state index in [1.54, 1.807) is 0 Å². The molecule has 0 aliphatic heterocycles. The average molecular weight is 252 g/mol. The van der Waals surface area contributed by atoms with E-state index in [-0.39, 0.29) is 5.54 Å². The molecule has 0 aromatic carbocycles. The van der Waals surface area contributed by atoms with Crippen molar-refractivity contribution in [2.45, 2.75) is 83.3 Å². The molecule has 2 saturated carbocycles. The van der Waals surface area contributed by atoms with E-state index in [0.717, 1.165) is 18.0 Å². The first kappa shape index (κ1) is 14.3. The molecule has 0 aromatic heterocycles. The maximum atomic E-state index is 3.68. The summed E-state index contributed by atoms with van der Waals surface area (Å²) in [6.45, 7) is 8.01. The van der Waals surface area contributed by atoms with Gasteiger partial charge in [0, 0.05) is 17.6 Å². The Hall–Kier alpha value is -0.0800. The molecule has 2 atom stereocenters. The van der Waals surface area contributed by atoms with E-state index < -0.39 is 0 Å². The first-order chi connectivity index (χ1) is 8.47. The smallest absolute Gasteiger partial charge is 0.0136 e. The van der Waals surface area contributed by atoms with Crippen LogP contribution in [0, 0.1) is 5.92 Å². The minimum atomic E-state index is 0.267. The van der Waals surface area contributed by atoms with Crippen molar-refractivity contribution in [1.29, 1.82) is 0 Å². The van der Waals surface area contributed by atoms with Gasteiger partial charge < -0.3 is 10.2 Å². The van der Waals surface area contributed by atoms with Crippen LogP contribution in [0.15, 0.2) is 0 Å². The van der Waals surface area contributed by atoms with Crippen molar-refractivity contribution in [3.8, 4) is 0 Å². The van der Waals surface area contributed by atoms with Gasteiger partial charge >= 0.3 is 0 Å². The summed E-state index contributed by atoms with van der Waals surface area (Å²) in [5, 5.41) is 3.68. The van der Waals surface area contributed by atoms with E-state index in [9.17, 15) is 0 Å². The predicted molar refractivity (Wildman–Crippen MR) is 78.9 cm³/mol. The van der Waals surface area contributed by atoms with Crippen LogP contribution < -0.4 is 5.32 Å². The summed E-state index contributed by atoms with van der Waals surface area (Å²) < 4.78 is 0. The second-order valence-corrected chi connectivity index (χ2v) is 7.49. The molecule has 2 fully saturated rings. The third-order valence-corrected chi connectivity index (χ3v) is 4.95. The Morgan fingerprint density at radius 3 is 2.17 bits per heavy atom. The number of hydrogen-bond donors (Lipinski definition) is 1. The molecular formula is C16H32N2. The van der Waals surface area contributed by atoms with Crippen LogP contribution in [0.5, 0.6) is 0 Å². The third-order valence-electron chi connectivity index (χ3n) is 4.95. The molecule has 0 spiro atoms. The Labute approximate surface area is 114 Å². The molecule has 0 heterocycles. The molecule has 0 saturated heterocycles. The van der Waals surface area contributed by atoms with Gasteiger partial charge in [0.1, 0.15) is 0 Å². The van der Waals surface area contributed by atoms with Crippen LogP contribution in [-0.4, -0.2) is 36.1 Å². The fourth-order valence-corrected chi connectivity index (χ4v) is 3.52. The molecule has 0 radical (unpaired) electrons. The monoisotopic (exact) mass is 252 g/mol. The van der Waals surface area contributed by atoms with E-state index in [1.165, 1.54) is 51.5 Å². The highest BCUT2D eigenvalue weighted by atomic mass is 15.2. The Morgan fingerprint density at radius 2 is 1.67 bits per heavy atom. The van der Waals surface area contributed by atoms with Gasteiger partial charge in [-0.1, -0.05) is 19.3 Å². The van der Waals surface area contributed by atoms with E-state index >= 15 is 0 Å². The van der Waals surface area contributed by atoms with Crippen LogP contribution in [0.25, 0.3) is 0 Å². The Kier molecular flexibility index (Phi) is 4.71. The third kappa shape index (κ3) is 3.71. The lowest BCUT2D eigenvalue weighted by Gasteiger charge is -2.47. The Bertz CT molecular complexity index is 250. The van der Waals surface area contributed by atoms with Gasteiger partial charge in [-0.2, -0.15) is 0 Å². The highest BCUT2D eigenvalue weighted by molar-refractivity contribution is 4.93. The molecule has 1 N–H and O–H groups in total. The summed E-state index contributed by atoms with van der Waals surface area (Å²) in [4.78, 5) is 2.72. The molecule has 2 aliphatic carbocycles. The minimum Gasteiger partial charge on any atom is -0.312 e. The predicted octanol–water partition coefficient (Wildman–Crippen LogP) is 3.42. The van der Waals surface area contributed by atoms with Gasteiger partial charge in [0.15, 0.2) is 0 Å². The largest absolute Gasteiger partial charge is 0.312 e. The van der Waals surface area contributed by atoms with E-state index in [0.29, 0.717) is 0 Å². The fraction of sp³-hybridized carbons (Fsp3) is 1.00. The van der Waals surface area contributed by atoms with Crippen molar-refractivity contribution in [2.24, 2.45) is 5.92 Å². The van der Waals surface area contributed by atoms with Crippen LogP contribution in [-0.2, 0) is 0 Å². The molecule has 18 heavy (non-hydrogen) atoms. The maximum absolute atomic E-state index is 3.68. The van der Waals surface area contributed by atoms with Gasteiger partial charge in [0.05, 0.1) is 0 Å². The van der Waals surface area contributed by atoms with Crippen LogP contribution in [0.1, 0.15) is 65.7 Å². The fourth-order valence-electron chi connectivity index (χ4n) is 3.52. The summed E-state index contributed by atoms with van der Waals surface area (Å²) in [6.07, 6.45) is 10.1. The molecule has 0 aromatic rings. The molecule has 0 bridgehead atoms. The average Bonchev–Trinajstić information content (AvgIpc) is 2.27. The van der Waals surface area contributed by atoms with Crippen LogP contribution >= 0.6 is 0 Å².